The van der Waals surface area contributed by atoms with Crippen LogP contribution < -0.4 is 54.0 Å². The van der Waals surface area contributed by atoms with E-state index in [0.29, 0.717) is 78.7 Å². The third-order valence-electron chi connectivity index (χ3n) is 9.65. The summed E-state index contributed by atoms with van der Waals surface area (Å²) in [7, 11) is 0. The van der Waals surface area contributed by atoms with Crippen molar-refractivity contribution in [2.24, 2.45) is 21.5 Å². The summed E-state index contributed by atoms with van der Waals surface area (Å²) in [5, 5.41) is 21.2. The second-order valence-corrected chi connectivity index (χ2v) is 26.2. The first kappa shape index (κ1) is 71.7. The summed E-state index contributed by atoms with van der Waals surface area (Å²) in [4.78, 5) is 122. The molecular weight excluding hydrogens is 1260 g/mol. The van der Waals surface area contributed by atoms with E-state index in [-0.39, 0.29) is 74.1 Å². The van der Waals surface area contributed by atoms with Crippen LogP contribution in [0, 0.1) is 0 Å². The zero-order chi connectivity index (χ0) is 63.0. The lowest BCUT2D eigenvalue weighted by Crippen LogP contribution is -2.47. The van der Waals surface area contributed by atoms with Crippen molar-refractivity contribution >= 4 is 138 Å². The van der Waals surface area contributed by atoms with Gasteiger partial charge in [-0.25, -0.2) is 29.1 Å². The fourth-order valence-corrected chi connectivity index (χ4v) is 9.22. The van der Waals surface area contributed by atoms with E-state index in [1.807, 2.05) is 0 Å². The van der Waals surface area contributed by atoms with E-state index in [9.17, 15) is 38.4 Å². The third kappa shape index (κ3) is 29.3. The highest BCUT2D eigenvalue weighted by molar-refractivity contribution is 9.10. The minimum absolute atomic E-state index is 0.0608. The molecule has 30 heteroatoms. The van der Waals surface area contributed by atoms with Crippen LogP contribution in [0.2, 0.25) is 0 Å². The molecular formula is C54H78Br2N14O12S2. The van der Waals surface area contributed by atoms with Crippen molar-refractivity contribution in [2.45, 2.75) is 154 Å². The maximum atomic E-state index is 13.9. The van der Waals surface area contributed by atoms with Crippen LogP contribution in [-0.2, 0) is 28.5 Å². The fraction of sp³-hybridized carbons (Fsp3) is 0.519. The van der Waals surface area contributed by atoms with Crippen LogP contribution in [0.3, 0.4) is 0 Å². The highest BCUT2D eigenvalue weighted by atomic mass is 79.9. The zero-order valence-electron chi connectivity index (χ0n) is 49.4. The number of unbranched alkanes of at least 4 members (excludes halogenated alkanes) is 2. The largest absolute Gasteiger partial charge is 0.444 e. The van der Waals surface area contributed by atoms with Gasteiger partial charge in [-0.1, -0.05) is 31.9 Å². The Kier molecular flexibility index (Phi) is 28.8. The number of aliphatic imine (C=N–C) groups is 2. The normalized spacial score (nSPS) is 11.4. The van der Waals surface area contributed by atoms with Gasteiger partial charge in [0.1, 0.15) is 40.1 Å². The van der Waals surface area contributed by atoms with Gasteiger partial charge in [-0.2, -0.15) is 0 Å². The first-order chi connectivity index (χ1) is 39.1. The number of hydrogen-bond donors (Lipinski definition) is 10. The molecule has 84 heavy (non-hydrogen) atoms. The van der Waals surface area contributed by atoms with Gasteiger partial charge < -0.3 is 51.7 Å². The van der Waals surface area contributed by atoms with Crippen molar-refractivity contribution in [3.63, 3.8) is 0 Å². The molecule has 0 spiro atoms. The Morgan fingerprint density at radius 2 is 0.774 bits per heavy atom. The molecule has 3 rings (SSSR count). The van der Waals surface area contributed by atoms with Gasteiger partial charge in [-0.3, -0.25) is 50.4 Å². The van der Waals surface area contributed by atoms with E-state index in [0.717, 1.165) is 6.33 Å². The van der Waals surface area contributed by atoms with Crippen LogP contribution in [-0.4, -0.2) is 130 Å². The second kappa shape index (κ2) is 33.8. The number of carbonyl (C=O) groups excluding carboxylic acids is 8. The number of amides is 8. The molecule has 0 saturated heterocycles. The summed E-state index contributed by atoms with van der Waals surface area (Å²) in [5.41, 5.74) is 9.55. The molecule has 0 atom stereocenters. The Balaban J connectivity index is 1.74. The Hall–Kier alpha value is -6.60. The van der Waals surface area contributed by atoms with Crippen LogP contribution >= 0.6 is 55.4 Å². The predicted molar refractivity (Wildman–Crippen MR) is 333 cm³/mol. The van der Waals surface area contributed by atoms with Gasteiger partial charge in [0.25, 0.3) is 11.8 Å². The van der Waals surface area contributed by atoms with E-state index in [2.05, 4.69) is 94.3 Å². The van der Waals surface area contributed by atoms with E-state index in [1.165, 1.54) is 29.6 Å². The lowest BCUT2D eigenvalue weighted by Gasteiger charge is -2.22. The van der Waals surface area contributed by atoms with Gasteiger partial charge >= 0.3 is 24.4 Å². The number of nitrogens with two attached hydrogens (primary N) is 2. The highest BCUT2D eigenvalue weighted by Crippen LogP contribution is 2.39. The van der Waals surface area contributed by atoms with Crippen molar-refractivity contribution in [1.29, 1.82) is 0 Å². The number of alkyl carbamates (subject to hydrolysis) is 4. The first-order valence-corrected chi connectivity index (χ1v) is 30.1. The molecule has 26 nitrogen and oxygen atoms in total. The van der Waals surface area contributed by atoms with Crippen molar-refractivity contribution in [3.05, 3.63) is 57.0 Å². The molecule has 1 heterocycles. The van der Waals surface area contributed by atoms with Crippen LogP contribution in [0.15, 0.2) is 65.4 Å². The Bertz CT molecular complexity index is 2640. The molecule has 0 radical (unpaired) electrons. The average Bonchev–Trinajstić information content (AvgIpc) is 3.52. The molecule has 0 fully saturated rings. The van der Waals surface area contributed by atoms with Gasteiger partial charge in [-0.15, -0.1) is 23.5 Å². The monoisotopic (exact) mass is 1340 g/mol. The third-order valence-corrected chi connectivity index (χ3v) is 12.9. The fourth-order valence-electron chi connectivity index (χ4n) is 6.59. The number of carbonyl (C=O) groups is 8. The van der Waals surface area contributed by atoms with Crippen molar-refractivity contribution in [2.75, 3.05) is 59.0 Å². The summed E-state index contributed by atoms with van der Waals surface area (Å²) >= 11 is 9.55. The molecule has 8 amide bonds. The number of aromatic nitrogens is 2. The molecule has 0 bridgehead atoms. The minimum Gasteiger partial charge on any atom is -0.444 e. The Morgan fingerprint density at radius 3 is 1.06 bits per heavy atom. The standard InChI is InChI=1S/C54H78Br2N14O12S2/c1-51(2,3)79-47(75)67-45(68-48(76)80-52(4,5)6)59-21-15-13-17-39(71)63-33-25-31(55)27-35(41(33)83-23-19-57)65-43(73)37-29-38(62-30-61-37)44(74)66-36-28-32(56)26-34(42(36)84-24-20-58)64-40(72)18-14-16-22-60-46(69-49(77)81-53(7,8)9)70-50(78)82-54(10,11)12/h25-30H,13-24,57-58H2,1-12H3,(H,63,71)(H,64,72)(H,65,73)(H,66,74)(H2,59,67,68,75,76)(H2,60,69,70,77,78). The number of anilines is 4. The maximum absolute atomic E-state index is 13.9. The number of guanidine groups is 2. The van der Waals surface area contributed by atoms with Gasteiger partial charge in [0.2, 0.25) is 23.7 Å². The van der Waals surface area contributed by atoms with Gasteiger partial charge in [-0.05, 0) is 133 Å². The summed E-state index contributed by atoms with van der Waals surface area (Å²) in [5.74, 6) is -1.64. The lowest BCUT2D eigenvalue weighted by atomic mass is 10.2. The molecule has 0 saturated carbocycles. The van der Waals surface area contributed by atoms with Crippen molar-refractivity contribution in [3.8, 4) is 0 Å². The molecule has 0 unspecified atom stereocenters. The first-order valence-electron chi connectivity index (χ1n) is 26.6. The molecule has 462 valence electrons. The summed E-state index contributed by atoms with van der Waals surface area (Å²) in [6.45, 7) is 21.0. The van der Waals surface area contributed by atoms with Crippen molar-refractivity contribution in [1.82, 2.24) is 31.2 Å². The van der Waals surface area contributed by atoms with Crippen LogP contribution in [0.5, 0.6) is 0 Å². The topological polar surface area (TPSA) is 372 Å². The molecule has 3 aromatic rings. The van der Waals surface area contributed by atoms with Crippen LogP contribution in [0.25, 0.3) is 0 Å². The molecule has 1 aromatic heterocycles. The van der Waals surface area contributed by atoms with Crippen LogP contribution in [0.4, 0.5) is 41.9 Å². The molecule has 2 aromatic carbocycles. The zero-order valence-corrected chi connectivity index (χ0v) is 54.2. The van der Waals surface area contributed by atoms with Gasteiger partial charge in [0.15, 0.2) is 0 Å². The minimum atomic E-state index is -0.836. The summed E-state index contributed by atoms with van der Waals surface area (Å²) in [6, 6.07) is 7.86. The Morgan fingerprint density at radius 1 is 0.476 bits per heavy atom. The SMILES string of the molecule is CC(C)(C)OC(=O)NC(=NCCCCC(=O)Nc1cc(Br)cc(NC(=O)c2cc(C(=O)Nc3cc(Br)cc(NC(=O)CCCCN=C(NC(=O)OC(C)(C)C)NC(=O)OC(C)(C)C)c3SCCN)ncn2)c1SCCN)NC(=O)OC(C)(C)C. The van der Waals surface area contributed by atoms with E-state index in [1.54, 1.807) is 107 Å². The maximum Gasteiger partial charge on any atom is 0.414 e. The van der Waals surface area contributed by atoms with Crippen LogP contribution in [0.1, 0.15) is 143 Å². The van der Waals surface area contributed by atoms with E-state index < -0.39 is 58.6 Å². The summed E-state index contributed by atoms with van der Waals surface area (Å²) < 4.78 is 22.2. The number of thioether (sulfide) groups is 2. The highest BCUT2D eigenvalue weighted by Gasteiger charge is 2.25. The molecule has 0 aliphatic heterocycles. The quantitative estimate of drug-likeness (QED) is 0.0147. The number of nitrogens with zero attached hydrogens (tertiary/aromatic N) is 4. The number of rotatable bonds is 22. The van der Waals surface area contributed by atoms with Gasteiger partial charge in [0.05, 0.1) is 32.5 Å². The smallest absolute Gasteiger partial charge is 0.414 e. The molecule has 12 N–H and O–H groups in total. The number of halogens is 2. The summed E-state index contributed by atoms with van der Waals surface area (Å²) in [6.07, 6.45) is -0.662. The average molecular weight is 1340 g/mol. The second-order valence-electron chi connectivity index (χ2n) is 22.1. The number of hydrogen-bond acceptors (Lipinski definition) is 20. The molecule has 0 aliphatic carbocycles. The Labute approximate surface area is 514 Å². The number of ether oxygens (including phenoxy) is 4. The van der Waals surface area contributed by atoms with Crippen molar-refractivity contribution < 1.29 is 57.3 Å². The number of benzene rings is 2. The van der Waals surface area contributed by atoms with Gasteiger partial charge in [0, 0.05) is 65.5 Å². The lowest BCUT2D eigenvalue weighted by molar-refractivity contribution is -0.117. The predicted octanol–water partition coefficient (Wildman–Crippen LogP) is 9.64. The van der Waals surface area contributed by atoms with E-state index >= 15 is 0 Å². The van der Waals surface area contributed by atoms with E-state index in [4.69, 9.17) is 30.4 Å². The number of nitrogens with one attached hydrogen (secondary N) is 8. The molecule has 0 aliphatic rings.